The van der Waals surface area contributed by atoms with Crippen molar-refractivity contribution in [2.75, 3.05) is 0 Å². The summed E-state index contributed by atoms with van der Waals surface area (Å²) in [7, 11) is 0. The zero-order valence-electron chi connectivity index (χ0n) is 4.80. The van der Waals surface area contributed by atoms with Crippen LogP contribution in [0.15, 0.2) is 12.2 Å². The first-order chi connectivity index (χ1) is 3.93. The van der Waals surface area contributed by atoms with E-state index in [2.05, 4.69) is 12.1 Å². The molecule has 0 aromatic rings. The highest BCUT2D eigenvalue weighted by Crippen LogP contribution is 2.14. The molecule has 1 heteroatoms. The van der Waals surface area contributed by atoms with Crippen molar-refractivity contribution >= 4 is 0 Å². The predicted octanol–water partition coefficient (Wildman–Crippen LogP) is 1.87. The summed E-state index contributed by atoms with van der Waals surface area (Å²) in [6, 6.07) is 2.22. The molecule has 0 bridgehead atoms. The van der Waals surface area contributed by atoms with Gasteiger partial charge in [-0.1, -0.05) is 12.2 Å². The van der Waals surface area contributed by atoms with Crippen molar-refractivity contribution in [2.45, 2.75) is 19.3 Å². The Kier molecular flexibility index (Phi) is 1.69. The average molecular weight is 107 g/mol. The average Bonchev–Trinajstić information content (AvgIpc) is 1.90. The molecular formula is C7H9N. The van der Waals surface area contributed by atoms with Crippen LogP contribution >= 0.6 is 0 Å². The predicted molar refractivity (Wildman–Crippen MR) is 32.1 cm³/mol. The molecule has 42 valence electrons. The summed E-state index contributed by atoms with van der Waals surface area (Å²) in [5.41, 5.74) is 0. The van der Waals surface area contributed by atoms with E-state index in [9.17, 15) is 0 Å². The van der Waals surface area contributed by atoms with E-state index in [-0.39, 0.29) is 5.92 Å². The topological polar surface area (TPSA) is 23.8 Å². The maximum atomic E-state index is 8.39. The van der Waals surface area contributed by atoms with Crippen LogP contribution < -0.4 is 0 Å². The lowest BCUT2D eigenvalue weighted by atomic mass is 9.98. The molecule has 0 heterocycles. The van der Waals surface area contributed by atoms with E-state index in [1.165, 1.54) is 6.42 Å². The van der Waals surface area contributed by atoms with Gasteiger partial charge in [-0.05, 0) is 19.3 Å². The molecule has 0 fully saturated rings. The molecule has 1 atom stereocenters. The van der Waals surface area contributed by atoms with Gasteiger partial charge in [-0.3, -0.25) is 0 Å². The van der Waals surface area contributed by atoms with E-state index in [1.54, 1.807) is 0 Å². The SMILES string of the molecule is N#CC1C=CCCC1. The molecule has 0 N–H and O–H groups in total. The van der Waals surface area contributed by atoms with Crippen molar-refractivity contribution in [2.24, 2.45) is 5.92 Å². The third kappa shape index (κ3) is 1.10. The largest absolute Gasteiger partial charge is 0.198 e. The molecule has 0 aliphatic heterocycles. The lowest BCUT2D eigenvalue weighted by molar-refractivity contribution is 0.640. The maximum absolute atomic E-state index is 8.39. The van der Waals surface area contributed by atoms with Crippen LogP contribution in [0.2, 0.25) is 0 Å². The minimum absolute atomic E-state index is 0.212. The van der Waals surface area contributed by atoms with Gasteiger partial charge in [-0.25, -0.2) is 0 Å². The van der Waals surface area contributed by atoms with Crippen LogP contribution in [0, 0.1) is 17.2 Å². The van der Waals surface area contributed by atoms with Crippen molar-refractivity contribution in [3.63, 3.8) is 0 Å². The van der Waals surface area contributed by atoms with Crippen molar-refractivity contribution in [1.29, 1.82) is 5.26 Å². The lowest BCUT2D eigenvalue weighted by Gasteiger charge is -2.05. The molecule has 1 unspecified atom stereocenters. The van der Waals surface area contributed by atoms with Gasteiger partial charge in [-0.15, -0.1) is 0 Å². The maximum Gasteiger partial charge on any atom is 0.0697 e. The van der Waals surface area contributed by atoms with Gasteiger partial charge in [-0.2, -0.15) is 5.26 Å². The summed E-state index contributed by atoms with van der Waals surface area (Å²) >= 11 is 0. The number of hydrogen-bond acceptors (Lipinski definition) is 1. The van der Waals surface area contributed by atoms with E-state index < -0.39 is 0 Å². The molecule has 0 spiro atoms. The normalized spacial score (nSPS) is 27.1. The van der Waals surface area contributed by atoms with E-state index in [1.807, 2.05) is 6.08 Å². The van der Waals surface area contributed by atoms with E-state index >= 15 is 0 Å². The number of hydrogen-bond donors (Lipinski definition) is 0. The minimum atomic E-state index is 0.212. The third-order valence-electron chi connectivity index (χ3n) is 1.42. The van der Waals surface area contributed by atoms with Gasteiger partial charge >= 0.3 is 0 Å². The molecule has 0 radical (unpaired) electrons. The van der Waals surface area contributed by atoms with Gasteiger partial charge in [0.1, 0.15) is 0 Å². The van der Waals surface area contributed by atoms with Gasteiger partial charge in [0.25, 0.3) is 0 Å². The molecule has 0 amide bonds. The van der Waals surface area contributed by atoms with Gasteiger partial charge in [0.05, 0.1) is 12.0 Å². The van der Waals surface area contributed by atoms with Gasteiger partial charge in [0.2, 0.25) is 0 Å². The first-order valence-corrected chi connectivity index (χ1v) is 3.00. The van der Waals surface area contributed by atoms with Gasteiger partial charge < -0.3 is 0 Å². The van der Waals surface area contributed by atoms with Crippen molar-refractivity contribution in [3.8, 4) is 6.07 Å². The zero-order chi connectivity index (χ0) is 5.82. The first kappa shape index (κ1) is 5.37. The Balaban J connectivity index is 2.46. The number of nitrogens with zero attached hydrogens (tertiary/aromatic N) is 1. The monoisotopic (exact) mass is 107 g/mol. The highest BCUT2D eigenvalue weighted by molar-refractivity contribution is 5.02. The second kappa shape index (κ2) is 2.52. The minimum Gasteiger partial charge on any atom is -0.198 e. The highest BCUT2D eigenvalue weighted by Gasteiger charge is 2.04. The van der Waals surface area contributed by atoms with Crippen molar-refractivity contribution in [1.82, 2.24) is 0 Å². The first-order valence-electron chi connectivity index (χ1n) is 3.00. The second-order valence-electron chi connectivity index (χ2n) is 2.09. The summed E-state index contributed by atoms with van der Waals surface area (Å²) in [6.07, 6.45) is 7.51. The summed E-state index contributed by atoms with van der Waals surface area (Å²) in [5.74, 6) is 0.212. The Morgan fingerprint density at radius 2 is 2.50 bits per heavy atom. The van der Waals surface area contributed by atoms with Crippen molar-refractivity contribution < 1.29 is 0 Å². The number of allylic oxidation sites excluding steroid dienone is 2. The highest BCUT2D eigenvalue weighted by atomic mass is 14.3. The molecule has 1 aliphatic carbocycles. The fraction of sp³-hybridized carbons (Fsp3) is 0.571. The fourth-order valence-corrected chi connectivity index (χ4v) is 0.920. The smallest absolute Gasteiger partial charge is 0.0697 e. The fourth-order valence-electron chi connectivity index (χ4n) is 0.920. The Labute approximate surface area is 49.6 Å². The van der Waals surface area contributed by atoms with Gasteiger partial charge in [0, 0.05) is 0 Å². The van der Waals surface area contributed by atoms with Crippen molar-refractivity contribution in [3.05, 3.63) is 12.2 Å². The molecule has 1 nitrogen and oxygen atoms in total. The molecule has 0 saturated carbocycles. The van der Waals surface area contributed by atoms with Crippen LogP contribution in [0.3, 0.4) is 0 Å². The van der Waals surface area contributed by atoms with Crippen LogP contribution in [0.5, 0.6) is 0 Å². The summed E-state index contributed by atoms with van der Waals surface area (Å²) < 4.78 is 0. The molecule has 0 aromatic heterocycles. The Bertz CT molecular complexity index is 130. The Morgan fingerprint density at radius 3 is 2.88 bits per heavy atom. The molecule has 0 saturated heterocycles. The van der Waals surface area contributed by atoms with Crippen LogP contribution in [0.4, 0.5) is 0 Å². The molecule has 1 rings (SSSR count). The molecule has 0 aromatic carbocycles. The number of rotatable bonds is 0. The number of nitriles is 1. The van der Waals surface area contributed by atoms with E-state index in [4.69, 9.17) is 5.26 Å². The van der Waals surface area contributed by atoms with Crippen LogP contribution in [-0.4, -0.2) is 0 Å². The molecular weight excluding hydrogens is 98.1 g/mol. The summed E-state index contributed by atoms with van der Waals surface area (Å²) in [4.78, 5) is 0. The van der Waals surface area contributed by atoms with Crippen LogP contribution in [-0.2, 0) is 0 Å². The summed E-state index contributed by atoms with van der Waals surface area (Å²) in [6.45, 7) is 0. The van der Waals surface area contributed by atoms with Gasteiger partial charge in [0.15, 0.2) is 0 Å². The Morgan fingerprint density at radius 1 is 1.62 bits per heavy atom. The zero-order valence-corrected chi connectivity index (χ0v) is 4.80. The molecule has 1 aliphatic rings. The van der Waals surface area contributed by atoms with E-state index in [0.29, 0.717) is 0 Å². The van der Waals surface area contributed by atoms with Crippen LogP contribution in [0.1, 0.15) is 19.3 Å². The second-order valence-corrected chi connectivity index (χ2v) is 2.09. The Hall–Kier alpha value is -0.770. The standard InChI is InChI=1S/C7H9N/c8-6-7-4-2-1-3-5-7/h2,4,7H,1,3,5H2. The van der Waals surface area contributed by atoms with E-state index in [0.717, 1.165) is 12.8 Å². The molecule has 8 heavy (non-hydrogen) atoms. The third-order valence-corrected chi connectivity index (χ3v) is 1.42. The quantitative estimate of drug-likeness (QED) is 0.433. The van der Waals surface area contributed by atoms with Crippen LogP contribution in [0.25, 0.3) is 0 Å². The lowest BCUT2D eigenvalue weighted by Crippen LogP contribution is -1.95. The summed E-state index contributed by atoms with van der Waals surface area (Å²) in [5, 5.41) is 8.39.